The summed E-state index contributed by atoms with van der Waals surface area (Å²) in [5, 5.41) is 13.5. The molecule has 6 nitrogen and oxygen atoms in total. The molecule has 1 heterocycles. The molecule has 1 N–H and O–H groups in total. The van der Waals surface area contributed by atoms with Crippen LogP contribution >= 0.6 is 11.6 Å². The highest BCUT2D eigenvalue weighted by molar-refractivity contribution is 6.30. The van der Waals surface area contributed by atoms with Gasteiger partial charge in [0.15, 0.2) is 0 Å². The Labute approximate surface area is 127 Å². The Hall–Kier alpha value is -1.75. The number of carboxylic acid groups (broad SMARTS) is 1. The third kappa shape index (κ3) is 3.88. The molecule has 0 radical (unpaired) electrons. The average molecular weight is 310 g/mol. The summed E-state index contributed by atoms with van der Waals surface area (Å²) in [5.41, 5.74) is 9.50. The van der Waals surface area contributed by atoms with Gasteiger partial charge in [-0.2, -0.15) is 0 Å². The highest BCUT2D eigenvalue weighted by Gasteiger charge is 2.35. The van der Waals surface area contributed by atoms with Gasteiger partial charge in [-0.15, -0.1) is 0 Å². The highest BCUT2D eigenvalue weighted by Crippen LogP contribution is 2.36. The monoisotopic (exact) mass is 309 g/mol. The van der Waals surface area contributed by atoms with Gasteiger partial charge in [0.05, 0.1) is 0 Å². The van der Waals surface area contributed by atoms with Gasteiger partial charge in [0.25, 0.3) is 0 Å². The van der Waals surface area contributed by atoms with Crippen molar-refractivity contribution >= 4 is 17.6 Å². The molecule has 2 atom stereocenters. The standard InChI is InChI=1S/C14H16ClN3O3/c15-11-3-1-9(2-4-11)12(10-5-7-21-8-6-10)13(14(19)20)17-18-16/h1-4,10,12-13H,5-8H2,(H,19,20)/t12-,13-/m0/s1. The molecule has 0 bridgehead atoms. The van der Waals surface area contributed by atoms with Gasteiger partial charge >= 0.3 is 5.97 Å². The third-order valence-electron chi connectivity index (χ3n) is 3.80. The topological polar surface area (TPSA) is 95.3 Å². The lowest BCUT2D eigenvalue weighted by molar-refractivity contribution is -0.139. The molecule has 0 amide bonds. The van der Waals surface area contributed by atoms with E-state index in [-0.39, 0.29) is 11.8 Å². The van der Waals surface area contributed by atoms with E-state index in [2.05, 4.69) is 10.0 Å². The predicted molar refractivity (Wildman–Crippen MR) is 78.3 cm³/mol. The fraction of sp³-hybridized carbons (Fsp3) is 0.500. The first kappa shape index (κ1) is 15.6. The van der Waals surface area contributed by atoms with Gasteiger partial charge in [-0.3, -0.25) is 4.79 Å². The quantitative estimate of drug-likeness (QED) is 0.511. The largest absolute Gasteiger partial charge is 0.481 e. The maximum Gasteiger partial charge on any atom is 0.313 e. The van der Waals surface area contributed by atoms with Crippen molar-refractivity contribution in [3.8, 4) is 0 Å². The van der Waals surface area contributed by atoms with Gasteiger partial charge in [-0.25, -0.2) is 0 Å². The fourth-order valence-electron chi connectivity index (χ4n) is 2.80. The van der Waals surface area contributed by atoms with Crippen molar-refractivity contribution < 1.29 is 14.6 Å². The van der Waals surface area contributed by atoms with Crippen molar-refractivity contribution in [3.05, 3.63) is 45.3 Å². The van der Waals surface area contributed by atoms with Crippen LogP contribution in [0.5, 0.6) is 0 Å². The smallest absolute Gasteiger partial charge is 0.313 e. The number of rotatable bonds is 5. The number of hydrogen-bond donors (Lipinski definition) is 1. The number of halogens is 1. The number of carbonyl (C=O) groups is 1. The molecule has 0 aromatic heterocycles. The highest BCUT2D eigenvalue weighted by atomic mass is 35.5. The predicted octanol–water partition coefficient (Wildman–Crippen LogP) is 3.61. The van der Waals surface area contributed by atoms with Crippen LogP contribution in [0.2, 0.25) is 5.02 Å². The summed E-state index contributed by atoms with van der Waals surface area (Å²) in [6.07, 6.45) is 1.50. The lowest BCUT2D eigenvalue weighted by Gasteiger charge is -2.32. The van der Waals surface area contributed by atoms with Crippen molar-refractivity contribution in [2.75, 3.05) is 13.2 Å². The van der Waals surface area contributed by atoms with Crippen molar-refractivity contribution in [2.24, 2.45) is 11.0 Å². The van der Waals surface area contributed by atoms with Crippen LogP contribution in [0.25, 0.3) is 10.4 Å². The maximum atomic E-state index is 11.5. The molecular formula is C14H16ClN3O3. The zero-order valence-corrected chi connectivity index (χ0v) is 12.1. The lowest BCUT2D eigenvalue weighted by atomic mass is 9.77. The summed E-state index contributed by atoms with van der Waals surface area (Å²) in [7, 11) is 0. The van der Waals surface area contributed by atoms with E-state index in [4.69, 9.17) is 21.9 Å². The van der Waals surface area contributed by atoms with Crippen molar-refractivity contribution in [1.82, 2.24) is 0 Å². The van der Waals surface area contributed by atoms with E-state index in [1.807, 2.05) is 0 Å². The van der Waals surface area contributed by atoms with E-state index in [9.17, 15) is 9.90 Å². The number of nitrogens with zero attached hydrogens (tertiary/aromatic N) is 3. The molecule has 1 aliphatic rings. The molecule has 1 saturated heterocycles. The third-order valence-corrected chi connectivity index (χ3v) is 4.05. The normalized spacial score (nSPS) is 18.5. The van der Waals surface area contributed by atoms with Crippen molar-refractivity contribution in [3.63, 3.8) is 0 Å². The Morgan fingerprint density at radius 3 is 2.52 bits per heavy atom. The molecular weight excluding hydrogens is 294 g/mol. The van der Waals surface area contributed by atoms with Crippen LogP contribution in [-0.2, 0) is 9.53 Å². The Bertz CT molecular complexity index is 535. The summed E-state index contributed by atoms with van der Waals surface area (Å²) in [4.78, 5) is 14.2. The average Bonchev–Trinajstić information content (AvgIpc) is 2.49. The number of azide groups is 1. The zero-order valence-electron chi connectivity index (χ0n) is 11.4. The molecule has 21 heavy (non-hydrogen) atoms. The van der Waals surface area contributed by atoms with E-state index in [0.717, 1.165) is 18.4 Å². The van der Waals surface area contributed by atoms with Crippen LogP contribution in [0, 0.1) is 5.92 Å². The summed E-state index contributed by atoms with van der Waals surface area (Å²) >= 11 is 5.89. The van der Waals surface area contributed by atoms with Crippen LogP contribution in [0.4, 0.5) is 0 Å². The SMILES string of the molecule is [N-]=[N+]=N[C@H](C(=O)O)[C@@H](c1ccc(Cl)cc1)C1CCOCC1. The molecule has 0 unspecified atom stereocenters. The van der Waals surface area contributed by atoms with Gasteiger partial charge in [-0.05, 0) is 42.0 Å². The lowest BCUT2D eigenvalue weighted by Crippen LogP contribution is -2.34. The molecule has 2 rings (SSSR count). The number of ether oxygens (including phenoxy) is 1. The molecule has 0 aliphatic carbocycles. The zero-order chi connectivity index (χ0) is 15.2. The first-order chi connectivity index (χ1) is 10.1. The first-order valence-electron chi connectivity index (χ1n) is 6.73. The Morgan fingerprint density at radius 1 is 1.38 bits per heavy atom. The Morgan fingerprint density at radius 2 is 2.00 bits per heavy atom. The summed E-state index contributed by atoms with van der Waals surface area (Å²) in [5.74, 6) is -1.38. The van der Waals surface area contributed by atoms with Gasteiger partial charge in [0.2, 0.25) is 0 Å². The minimum absolute atomic E-state index is 0.103. The molecule has 0 spiro atoms. The van der Waals surface area contributed by atoms with Crippen molar-refractivity contribution in [2.45, 2.75) is 24.8 Å². The van der Waals surface area contributed by atoms with E-state index in [0.29, 0.717) is 18.2 Å². The summed E-state index contributed by atoms with van der Waals surface area (Å²) in [6, 6.07) is 5.91. The molecule has 1 aromatic rings. The van der Waals surface area contributed by atoms with Crippen LogP contribution < -0.4 is 0 Å². The molecule has 1 aliphatic heterocycles. The summed E-state index contributed by atoms with van der Waals surface area (Å²) in [6.45, 7) is 1.19. The van der Waals surface area contributed by atoms with Gasteiger partial charge in [0.1, 0.15) is 6.04 Å². The summed E-state index contributed by atoms with van der Waals surface area (Å²) < 4.78 is 5.33. The fourth-order valence-corrected chi connectivity index (χ4v) is 2.93. The van der Waals surface area contributed by atoms with Crippen LogP contribution in [0.3, 0.4) is 0 Å². The second-order valence-electron chi connectivity index (χ2n) is 5.02. The van der Waals surface area contributed by atoms with Crippen LogP contribution in [0.1, 0.15) is 24.3 Å². The number of benzene rings is 1. The molecule has 0 saturated carbocycles. The minimum Gasteiger partial charge on any atom is -0.481 e. The van der Waals surface area contributed by atoms with Crippen LogP contribution in [-0.4, -0.2) is 30.3 Å². The van der Waals surface area contributed by atoms with E-state index in [1.165, 1.54) is 0 Å². The Balaban J connectivity index is 2.38. The maximum absolute atomic E-state index is 11.5. The van der Waals surface area contributed by atoms with Gasteiger partial charge in [0, 0.05) is 29.1 Å². The molecule has 1 aromatic carbocycles. The van der Waals surface area contributed by atoms with Crippen molar-refractivity contribution in [1.29, 1.82) is 0 Å². The van der Waals surface area contributed by atoms with Crippen LogP contribution in [0.15, 0.2) is 29.4 Å². The van der Waals surface area contributed by atoms with E-state index < -0.39 is 12.0 Å². The number of hydrogen-bond acceptors (Lipinski definition) is 3. The Kier molecular flexibility index (Phi) is 5.44. The minimum atomic E-state index is -1.13. The second-order valence-corrected chi connectivity index (χ2v) is 5.45. The van der Waals surface area contributed by atoms with E-state index >= 15 is 0 Å². The second kappa shape index (κ2) is 7.31. The molecule has 112 valence electrons. The number of aliphatic carboxylic acids is 1. The van der Waals surface area contributed by atoms with Gasteiger partial charge < -0.3 is 9.84 Å². The first-order valence-corrected chi connectivity index (χ1v) is 7.11. The molecule has 7 heteroatoms. The molecule has 1 fully saturated rings. The van der Waals surface area contributed by atoms with Gasteiger partial charge in [-0.1, -0.05) is 28.8 Å². The van der Waals surface area contributed by atoms with E-state index in [1.54, 1.807) is 24.3 Å². The number of carboxylic acids is 1.